The van der Waals surface area contributed by atoms with E-state index in [2.05, 4.69) is 0 Å². The van der Waals surface area contributed by atoms with Gasteiger partial charge in [0.05, 0.1) is 19.5 Å². The number of allylic oxidation sites excluding steroid dienone is 1. The lowest BCUT2D eigenvalue weighted by Crippen LogP contribution is -1.97. The molecule has 1 aromatic carbocycles. The van der Waals surface area contributed by atoms with Gasteiger partial charge in [0.1, 0.15) is 11.5 Å². The van der Waals surface area contributed by atoms with E-state index in [-0.39, 0.29) is 5.75 Å². The van der Waals surface area contributed by atoms with Crippen LogP contribution in [-0.2, 0) is 4.74 Å². The standard InChI is InChI=1S/C15H22O3/c1-2-11-17-12-5-3-4-6-13-18-15-9-7-14(16)8-10-15/h2,7-11,16H,3-6,12-13H2,1H3. The average Bonchev–Trinajstić information content (AvgIpc) is 2.39. The molecule has 1 rings (SSSR count). The highest BCUT2D eigenvalue weighted by atomic mass is 16.5. The van der Waals surface area contributed by atoms with E-state index in [0.717, 1.165) is 44.6 Å². The second-order valence-electron chi connectivity index (χ2n) is 4.10. The topological polar surface area (TPSA) is 38.7 Å². The number of hydrogen-bond donors (Lipinski definition) is 1. The van der Waals surface area contributed by atoms with Crippen LogP contribution in [0.15, 0.2) is 36.6 Å². The molecule has 0 amide bonds. The largest absolute Gasteiger partial charge is 0.508 e. The zero-order valence-electron chi connectivity index (χ0n) is 11.0. The van der Waals surface area contributed by atoms with Crippen molar-refractivity contribution >= 4 is 0 Å². The van der Waals surface area contributed by atoms with E-state index in [1.807, 2.05) is 13.0 Å². The molecule has 0 fully saturated rings. The fourth-order valence-electron chi connectivity index (χ4n) is 1.54. The van der Waals surface area contributed by atoms with Crippen LogP contribution >= 0.6 is 0 Å². The molecule has 0 aliphatic heterocycles. The Morgan fingerprint density at radius 1 is 1.00 bits per heavy atom. The molecular formula is C15H22O3. The third-order valence-corrected chi connectivity index (χ3v) is 2.49. The fourth-order valence-corrected chi connectivity index (χ4v) is 1.54. The van der Waals surface area contributed by atoms with Crippen LogP contribution in [0.2, 0.25) is 0 Å². The monoisotopic (exact) mass is 250 g/mol. The predicted molar refractivity (Wildman–Crippen MR) is 72.8 cm³/mol. The van der Waals surface area contributed by atoms with E-state index in [1.165, 1.54) is 0 Å². The zero-order valence-corrected chi connectivity index (χ0v) is 11.0. The smallest absolute Gasteiger partial charge is 0.119 e. The molecule has 18 heavy (non-hydrogen) atoms. The van der Waals surface area contributed by atoms with Gasteiger partial charge in [-0.1, -0.05) is 6.08 Å². The third-order valence-electron chi connectivity index (χ3n) is 2.49. The Balaban J connectivity index is 1.94. The van der Waals surface area contributed by atoms with Crippen molar-refractivity contribution in [1.82, 2.24) is 0 Å². The molecule has 0 saturated heterocycles. The molecule has 1 N–H and O–H groups in total. The Kier molecular flexibility index (Phi) is 7.53. The second-order valence-corrected chi connectivity index (χ2v) is 4.10. The Morgan fingerprint density at radius 3 is 2.33 bits per heavy atom. The van der Waals surface area contributed by atoms with Gasteiger partial charge in [-0.25, -0.2) is 0 Å². The minimum atomic E-state index is 0.267. The van der Waals surface area contributed by atoms with Crippen LogP contribution in [0.4, 0.5) is 0 Å². The number of phenols is 1. The maximum atomic E-state index is 9.11. The van der Waals surface area contributed by atoms with Crippen LogP contribution in [0.25, 0.3) is 0 Å². The van der Waals surface area contributed by atoms with Crippen molar-refractivity contribution in [1.29, 1.82) is 0 Å². The molecule has 3 heteroatoms. The highest BCUT2D eigenvalue weighted by Gasteiger charge is 1.94. The van der Waals surface area contributed by atoms with Gasteiger partial charge in [-0.05, 0) is 56.9 Å². The van der Waals surface area contributed by atoms with E-state index in [1.54, 1.807) is 30.5 Å². The summed E-state index contributed by atoms with van der Waals surface area (Å²) >= 11 is 0. The van der Waals surface area contributed by atoms with Gasteiger partial charge in [-0.2, -0.15) is 0 Å². The van der Waals surface area contributed by atoms with E-state index in [4.69, 9.17) is 14.6 Å². The van der Waals surface area contributed by atoms with Crippen LogP contribution in [0.1, 0.15) is 32.6 Å². The van der Waals surface area contributed by atoms with Gasteiger partial charge < -0.3 is 14.6 Å². The maximum Gasteiger partial charge on any atom is 0.119 e. The number of phenolic OH excluding ortho intramolecular Hbond substituents is 1. The van der Waals surface area contributed by atoms with Crippen LogP contribution < -0.4 is 4.74 Å². The van der Waals surface area contributed by atoms with Crippen molar-refractivity contribution in [3.05, 3.63) is 36.6 Å². The molecule has 0 radical (unpaired) electrons. The summed E-state index contributed by atoms with van der Waals surface area (Å²) in [7, 11) is 0. The molecule has 0 aromatic heterocycles. The molecule has 0 aliphatic carbocycles. The molecule has 0 bridgehead atoms. The Morgan fingerprint density at radius 2 is 1.67 bits per heavy atom. The average molecular weight is 250 g/mol. The highest BCUT2D eigenvalue weighted by molar-refractivity contribution is 5.29. The SMILES string of the molecule is CC=COCCCCCCOc1ccc(O)cc1. The third kappa shape index (κ3) is 6.84. The number of ether oxygens (including phenoxy) is 2. The molecule has 100 valence electrons. The van der Waals surface area contributed by atoms with Crippen molar-refractivity contribution < 1.29 is 14.6 Å². The van der Waals surface area contributed by atoms with Crippen LogP contribution in [0, 0.1) is 0 Å². The minimum Gasteiger partial charge on any atom is -0.508 e. The summed E-state index contributed by atoms with van der Waals surface area (Å²) in [6, 6.07) is 6.82. The summed E-state index contributed by atoms with van der Waals surface area (Å²) in [6.07, 6.45) is 8.07. The summed E-state index contributed by atoms with van der Waals surface area (Å²) in [6.45, 7) is 3.46. The molecule has 1 aromatic rings. The predicted octanol–water partition coefficient (Wildman–Crippen LogP) is 3.88. The zero-order chi connectivity index (χ0) is 13.1. The second kappa shape index (κ2) is 9.40. The Labute approximate surface area is 109 Å². The minimum absolute atomic E-state index is 0.267. The molecule has 0 spiro atoms. The normalized spacial score (nSPS) is 10.7. The first kappa shape index (κ1) is 14.4. The van der Waals surface area contributed by atoms with Crippen LogP contribution in [0.5, 0.6) is 11.5 Å². The Bertz CT molecular complexity index is 330. The van der Waals surface area contributed by atoms with Crippen molar-refractivity contribution in [2.45, 2.75) is 32.6 Å². The van der Waals surface area contributed by atoms with Crippen molar-refractivity contribution in [2.24, 2.45) is 0 Å². The molecule has 0 saturated carbocycles. The number of unbranched alkanes of at least 4 members (excludes halogenated alkanes) is 3. The summed E-state index contributed by atoms with van der Waals surface area (Å²) in [5.41, 5.74) is 0. The number of benzene rings is 1. The molecule has 0 unspecified atom stereocenters. The lowest BCUT2D eigenvalue weighted by molar-refractivity contribution is 0.237. The number of hydrogen-bond acceptors (Lipinski definition) is 3. The molecular weight excluding hydrogens is 228 g/mol. The summed E-state index contributed by atoms with van der Waals surface area (Å²) in [5.74, 6) is 1.08. The van der Waals surface area contributed by atoms with Gasteiger partial charge in [0.25, 0.3) is 0 Å². The van der Waals surface area contributed by atoms with E-state index < -0.39 is 0 Å². The van der Waals surface area contributed by atoms with Crippen LogP contribution in [0.3, 0.4) is 0 Å². The Hall–Kier alpha value is -1.64. The van der Waals surface area contributed by atoms with E-state index in [9.17, 15) is 0 Å². The summed E-state index contributed by atoms with van der Waals surface area (Å²) in [4.78, 5) is 0. The lowest BCUT2D eigenvalue weighted by atomic mass is 10.2. The first-order valence-electron chi connectivity index (χ1n) is 6.47. The fraction of sp³-hybridized carbons (Fsp3) is 0.467. The summed E-state index contributed by atoms with van der Waals surface area (Å²) < 4.78 is 10.8. The molecule has 0 aliphatic rings. The molecule has 0 atom stereocenters. The van der Waals surface area contributed by atoms with Crippen molar-refractivity contribution in [3.63, 3.8) is 0 Å². The first-order chi connectivity index (χ1) is 8.83. The highest BCUT2D eigenvalue weighted by Crippen LogP contribution is 2.16. The first-order valence-corrected chi connectivity index (χ1v) is 6.47. The quantitative estimate of drug-likeness (QED) is 0.534. The van der Waals surface area contributed by atoms with Crippen molar-refractivity contribution in [3.8, 4) is 11.5 Å². The van der Waals surface area contributed by atoms with E-state index >= 15 is 0 Å². The molecule has 3 nitrogen and oxygen atoms in total. The van der Waals surface area contributed by atoms with Gasteiger partial charge in [-0.15, -0.1) is 0 Å². The van der Waals surface area contributed by atoms with Gasteiger partial charge in [-0.3, -0.25) is 0 Å². The number of aromatic hydroxyl groups is 1. The van der Waals surface area contributed by atoms with E-state index in [0.29, 0.717) is 0 Å². The van der Waals surface area contributed by atoms with Gasteiger partial charge >= 0.3 is 0 Å². The lowest BCUT2D eigenvalue weighted by Gasteiger charge is -2.06. The summed E-state index contributed by atoms with van der Waals surface area (Å²) in [5, 5.41) is 9.11. The maximum absolute atomic E-state index is 9.11. The molecule has 0 heterocycles. The van der Waals surface area contributed by atoms with Crippen LogP contribution in [-0.4, -0.2) is 18.3 Å². The van der Waals surface area contributed by atoms with Gasteiger partial charge in [0.15, 0.2) is 0 Å². The van der Waals surface area contributed by atoms with Gasteiger partial charge in [0.2, 0.25) is 0 Å². The van der Waals surface area contributed by atoms with Crippen molar-refractivity contribution in [2.75, 3.05) is 13.2 Å². The van der Waals surface area contributed by atoms with Gasteiger partial charge in [0, 0.05) is 0 Å². The number of rotatable bonds is 9.